The van der Waals surface area contributed by atoms with Gasteiger partial charge >= 0.3 is 0 Å². The Balaban J connectivity index is 1.23. The number of benzene rings is 7. The van der Waals surface area contributed by atoms with Crippen molar-refractivity contribution in [2.24, 2.45) is 9.98 Å². The summed E-state index contributed by atoms with van der Waals surface area (Å²) in [5.41, 5.74) is 4.48. The van der Waals surface area contributed by atoms with Crippen molar-refractivity contribution in [1.82, 2.24) is 4.57 Å². The van der Waals surface area contributed by atoms with Crippen LogP contribution in [0, 0.1) is 0 Å². The zero-order valence-electron chi connectivity index (χ0n) is 27.4. The van der Waals surface area contributed by atoms with Gasteiger partial charge in [0.05, 0.1) is 39.2 Å². The van der Waals surface area contributed by atoms with Crippen LogP contribution >= 0.6 is 11.3 Å². The number of aromatic nitrogens is 1. The molecule has 8 nitrogen and oxygen atoms in total. The third-order valence-electron chi connectivity index (χ3n) is 9.70. The van der Waals surface area contributed by atoms with E-state index in [4.69, 9.17) is 4.99 Å². The van der Waals surface area contributed by atoms with Gasteiger partial charge in [0.2, 0.25) is 17.2 Å². The Morgan fingerprint density at radius 1 is 0.596 bits per heavy atom. The molecule has 0 fully saturated rings. The van der Waals surface area contributed by atoms with Gasteiger partial charge in [-0.3, -0.25) is 9.98 Å². The molecule has 9 rings (SSSR count). The van der Waals surface area contributed by atoms with E-state index in [1.165, 1.54) is 41.7 Å². The smallest absolute Gasteiger partial charge is 0.208 e. The second kappa shape index (κ2) is 11.9. The maximum absolute atomic E-state index is 10.9. The topological polar surface area (TPSA) is 131 Å². The molecule has 0 spiro atoms. The van der Waals surface area contributed by atoms with Crippen LogP contribution in [0.4, 0.5) is 5.69 Å². The summed E-state index contributed by atoms with van der Waals surface area (Å²) in [6.45, 7) is 3.73. The van der Waals surface area contributed by atoms with E-state index in [0.29, 0.717) is 11.3 Å². The van der Waals surface area contributed by atoms with Crippen LogP contribution < -0.4 is 0 Å². The van der Waals surface area contributed by atoms with Crippen molar-refractivity contribution in [3.05, 3.63) is 138 Å². The lowest BCUT2D eigenvalue weighted by molar-refractivity contribution is 0.327. The first-order valence-corrected chi connectivity index (χ1v) is 17.3. The van der Waals surface area contributed by atoms with Crippen LogP contribution in [0.3, 0.4) is 0 Å². The lowest BCUT2D eigenvalue weighted by Gasteiger charge is -2.16. The van der Waals surface area contributed by atoms with Gasteiger partial charge in [-0.05, 0) is 53.4 Å². The van der Waals surface area contributed by atoms with Crippen molar-refractivity contribution in [1.29, 1.82) is 0 Å². The van der Waals surface area contributed by atoms with Crippen LogP contribution in [0.5, 0.6) is 28.7 Å². The zero-order chi connectivity index (χ0) is 35.7. The molecule has 0 radical (unpaired) electrons. The molecule has 2 heterocycles. The number of para-hydroxylation sites is 2. The monoisotopic (exact) mass is 699 g/mol. The molecule has 0 atom stereocenters. The maximum atomic E-state index is 10.9. The summed E-state index contributed by atoms with van der Waals surface area (Å²) in [4.78, 5) is 8.84. The van der Waals surface area contributed by atoms with E-state index in [1.54, 1.807) is 35.6 Å². The molecular weight excluding hydrogens is 671 g/mol. The van der Waals surface area contributed by atoms with Gasteiger partial charge in [0.15, 0.2) is 11.5 Å². The summed E-state index contributed by atoms with van der Waals surface area (Å²) >= 11 is 1.81. The minimum atomic E-state index is -1.05. The molecule has 52 heavy (non-hydrogen) atoms. The first-order valence-electron chi connectivity index (χ1n) is 16.5. The fourth-order valence-electron chi connectivity index (χ4n) is 7.34. The van der Waals surface area contributed by atoms with Crippen LogP contribution in [-0.4, -0.2) is 42.5 Å². The van der Waals surface area contributed by atoms with Crippen molar-refractivity contribution < 1.29 is 25.5 Å². The highest BCUT2D eigenvalue weighted by molar-refractivity contribution is 7.27. The zero-order valence-corrected chi connectivity index (χ0v) is 28.3. The third kappa shape index (κ3) is 4.53. The SMILES string of the molecule is C=Nc1ccccc1C(=NCc1ccc(-n2c3ccccc3c3c4ccccc4c4c5ccccc5sc4c32)cc1)c1c(O)c(O)c(O)c(O)c1O. The van der Waals surface area contributed by atoms with Gasteiger partial charge < -0.3 is 30.1 Å². The Morgan fingerprint density at radius 3 is 1.88 bits per heavy atom. The van der Waals surface area contributed by atoms with Gasteiger partial charge in [-0.25, -0.2) is 0 Å². The Kier molecular flexibility index (Phi) is 7.13. The molecular formula is C43H29N3O5S. The second-order valence-corrected chi connectivity index (χ2v) is 13.6. The fourth-order valence-corrected chi connectivity index (χ4v) is 8.59. The molecule has 5 N–H and O–H groups in total. The molecule has 0 unspecified atom stereocenters. The van der Waals surface area contributed by atoms with E-state index in [-0.39, 0.29) is 17.8 Å². The molecule has 0 aliphatic carbocycles. The number of hydrogen-bond acceptors (Lipinski definition) is 8. The molecule has 0 aliphatic heterocycles. The molecule has 0 bridgehead atoms. The van der Waals surface area contributed by atoms with Crippen LogP contribution in [0.2, 0.25) is 0 Å². The highest BCUT2D eigenvalue weighted by Gasteiger charge is 2.28. The second-order valence-electron chi connectivity index (χ2n) is 12.5. The number of phenolic OH excluding ortho intramolecular Hbond substituents is 5. The Bertz CT molecular complexity index is 2930. The summed E-state index contributed by atoms with van der Waals surface area (Å²) in [5, 5.41) is 59.8. The number of phenols is 5. The summed E-state index contributed by atoms with van der Waals surface area (Å²) in [6, 6.07) is 40.6. The van der Waals surface area contributed by atoms with E-state index in [9.17, 15) is 25.5 Å². The minimum absolute atomic E-state index is 0.0362. The number of aromatic hydroxyl groups is 5. The van der Waals surface area contributed by atoms with Crippen LogP contribution in [0.25, 0.3) is 58.4 Å². The maximum Gasteiger partial charge on any atom is 0.208 e. The predicted octanol–water partition coefficient (Wildman–Crippen LogP) is 10.2. The summed E-state index contributed by atoms with van der Waals surface area (Å²) < 4.78 is 4.78. The van der Waals surface area contributed by atoms with Crippen molar-refractivity contribution in [2.45, 2.75) is 6.54 Å². The summed E-state index contributed by atoms with van der Waals surface area (Å²) in [6.07, 6.45) is 0. The van der Waals surface area contributed by atoms with Gasteiger partial charge in [-0.1, -0.05) is 91.0 Å². The quantitative estimate of drug-likeness (QED) is 0.0670. The average molecular weight is 700 g/mol. The number of hydrogen-bond donors (Lipinski definition) is 5. The normalized spacial score (nSPS) is 12.1. The van der Waals surface area contributed by atoms with Gasteiger partial charge in [0.25, 0.3) is 0 Å². The lowest BCUT2D eigenvalue weighted by atomic mass is 9.97. The van der Waals surface area contributed by atoms with Crippen LogP contribution in [0.15, 0.2) is 131 Å². The largest absolute Gasteiger partial charge is 0.504 e. The van der Waals surface area contributed by atoms with Crippen molar-refractivity contribution in [3.8, 4) is 34.4 Å². The van der Waals surface area contributed by atoms with Gasteiger partial charge in [0, 0.05) is 37.5 Å². The molecule has 252 valence electrons. The Labute approximate surface area is 300 Å². The van der Waals surface area contributed by atoms with Crippen molar-refractivity contribution in [3.63, 3.8) is 0 Å². The van der Waals surface area contributed by atoms with E-state index in [2.05, 4.69) is 101 Å². The average Bonchev–Trinajstić information content (AvgIpc) is 3.75. The number of thiophene rings is 1. The van der Waals surface area contributed by atoms with Gasteiger partial charge in [-0.15, -0.1) is 11.3 Å². The number of fused-ring (bicyclic) bond motifs is 10. The summed E-state index contributed by atoms with van der Waals surface area (Å²) in [5.74, 6) is -4.70. The predicted molar refractivity (Wildman–Crippen MR) is 211 cm³/mol. The first-order chi connectivity index (χ1) is 25.4. The van der Waals surface area contributed by atoms with Crippen molar-refractivity contribution in [2.75, 3.05) is 0 Å². The lowest BCUT2D eigenvalue weighted by Crippen LogP contribution is -2.06. The number of rotatable bonds is 6. The molecule has 0 saturated heterocycles. The number of aliphatic imine (C=N–C) groups is 2. The first kappa shape index (κ1) is 31.2. The third-order valence-corrected chi connectivity index (χ3v) is 10.9. The standard InChI is InChI=1S/C43H29N3O5S/c1-44-30-15-7-4-12-27(30)36(35-38(47)40(49)42(51)41(50)39(35)48)45-22-23-18-20-24(21-19-23)46-31-16-8-5-13-28(31)33-25-10-2-3-11-26(25)34-29-14-6-9-17-32(29)52-43(34)37(33)46/h2-21,47-51H,1,22H2. The van der Waals surface area contributed by atoms with Crippen LogP contribution in [-0.2, 0) is 6.54 Å². The highest BCUT2D eigenvalue weighted by atomic mass is 32.1. The Hall–Kier alpha value is -6.84. The highest BCUT2D eigenvalue weighted by Crippen LogP contribution is 2.52. The molecule has 0 amide bonds. The molecule has 9 heteroatoms. The molecule has 7 aromatic carbocycles. The molecule has 0 aliphatic rings. The van der Waals surface area contributed by atoms with E-state index in [1.807, 2.05) is 12.1 Å². The molecule has 9 aromatic rings. The molecule has 2 aromatic heterocycles. The van der Waals surface area contributed by atoms with Crippen LogP contribution in [0.1, 0.15) is 16.7 Å². The van der Waals surface area contributed by atoms with Gasteiger partial charge in [-0.2, -0.15) is 0 Å². The van der Waals surface area contributed by atoms with Gasteiger partial charge in [0.1, 0.15) is 0 Å². The van der Waals surface area contributed by atoms with E-state index >= 15 is 0 Å². The number of nitrogens with zero attached hydrogens (tertiary/aromatic N) is 3. The minimum Gasteiger partial charge on any atom is -0.504 e. The Morgan fingerprint density at radius 2 is 1.17 bits per heavy atom. The van der Waals surface area contributed by atoms with E-state index in [0.717, 1.165) is 22.3 Å². The summed E-state index contributed by atoms with van der Waals surface area (Å²) in [7, 11) is 0. The van der Waals surface area contributed by atoms with E-state index < -0.39 is 28.7 Å². The molecule has 0 saturated carbocycles. The fraction of sp³-hybridized carbons (Fsp3) is 0.0233. The van der Waals surface area contributed by atoms with Crippen molar-refractivity contribution >= 4 is 82.2 Å².